The van der Waals surface area contributed by atoms with E-state index >= 15 is 0 Å². The molecule has 2 fully saturated rings. The Morgan fingerprint density at radius 2 is 1.49 bits per heavy atom. The van der Waals surface area contributed by atoms with Gasteiger partial charge >= 0.3 is 6.03 Å². The van der Waals surface area contributed by atoms with Gasteiger partial charge in [-0.05, 0) is 74.2 Å². The van der Waals surface area contributed by atoms with Crippen molar-refractivity contribution in [1.29, 1.82) is 0 Å². The minimum Gasteiger partial charge on any atom is -0.356 e. The maximum atomic E-state index is 12.4. The third-order valence-electron chi connectivity index (χ3n) is 7.34. The van der Waals surface area contributed by atoms with Crippen molar-refractivity contribution < 1.29 is 27.4 Å². The van der Waals surface area contributed by atoms with Crippen molar-refractivity contribution in [3.05, 3.63) is 54.1 Å². The normalized spacial score (nSPS) is 19.6. The number of hydrogen-bond acceptors (Lipinski definition) is 8. The van der Waals surface area contributed by atoms with Crippen molar-refractivity contribution in [2.75, 3.05) is 18.8 Å². The smallest absolute Gasteiger partial charge is 0.315 e. The zero-order chi connectivity index (χ0) is 30.7. The minimum atomic E-state index is -4.26. The van der Waals surface area contributed by atoms with Crippen LogP contribution in [0, 0.1) is 0 Å². The van der Waals surface area contributed by atoms with E-state index in [2.05, 4.69) is 31.5 Å². The Balaban J connectivity index is 1.00. The number of thioether (sulfide) groups is 1. The van der Waals surface area contributed by atoms with Gasteiger partial charge in [0.2, 0.25) is 5.91 Å². The molecule has 2 saturated heterocycles. The third-order valence-corrected chi connectivity index (χ3v) is 9.71. The third kappa shape index (κ3) is 10.3. The lowest BCUT2D eigenvalue weighted by atomic mass is 10.0. The highest BCUT2D eigenvalue weighted by atomic mass is 32.2. The number of nitrogens with zero attached hydrogens (tertiary/aromatic N) is 2. The number of amides is 4. The summed E-state index contributed by atoms with van der Waals surface area (Å²) in [7, 11) is -4.26. The molecular weight excluding hydrogens is 592 g/mol. The molecule has 2 aliphatic rings. The number of azo groups is 1. The quantitative estimate of drug-likeness (QED) is 0.0785. The van der Waals surface area contributed by atoms with E-state index < -0.39 is 10.1 Å². The molecule has 3 atom stereocenters. The molecule has 232 valence electrons. The summed E-state index contributed by atoms with van der Waals surface area (Å²) in [6, 6.07) is 12.4. The predicted molar refractivity (Wildman–Crippen MR) is 165 cm³/mol. The molecule has 2 heterocycles. The van der Waals surface area contributed by atoms with Gasteiger partial charge in [0.1, 0.15) is 0 Å². The molecule has 43 heavy (non-hydrogen) atoms. The number of urea groups is 1. The first-order valence-corrected chi connectivity index (χ1v) is 17.0. The van der Waals surface area contributed by atoms with Crippen LogP contribution < -0.4 is 21.3 Å². The number of carbonyl (C=O) groups excluding carboxylic acids is 3. The first-order chi connectivity index (χ1) is 20.7. The van der Waals surface area contributed by atoms with E-state index in [1.165, 1.54) is 24.3 Å². The van der Waals surface area contributed by atoms with Crippen LogP contribution in [0.4, 0.5) is 16.2 Å². The Labute approximate surface area is 256 Å². The van der Waals surface area contributed by atoms with Gasteiger partial charge in [0, 0.05) is 36.1 Å². The van der Waals surface area contributed by atoms with Crippen LogP contribution in [0.2, 0.25) is 0 Å². The number of nitrogens with one attached hydrogen (secondary N) is 4. The van der Waals surface area contributed by atoms with Gasteiger partial charge in [0.05, 0.1) is 28.4 Å². The zero-order valence-corrected chi connectivity index (χ0v) is 25.5. The predicted octanol–water partition coefficient (Wildman–Crippen LogP) is 4.48. The molecule has 4 rings (SSSR count). The fourth-order valence-corrected chi connectivity index (χ4v) is 7.00. The van der Waals surface area contributed by atoms with Crippen LogP contribution in [-0.4, -0.2) is 67.0 Å². The van der Waals surface area contributed by atoms with Gasteiger partial charge in [-0.2, -0.15) is 30.4 Å². The molecule has 0 aliphatic carbocycles. The average molecular weight is 631 g/mol. The fraction of sp³-hybridized carbons (Fsp3) is 0.483. The average Bonchev–Trinajstić information content (AvgIpc) is 3.54. The molecule has 12 nitrogen and oxygen atoms in total. The van der Waals surface area contributed by atoms with Crippen LogP contribution in [0.1, 0.15) is 61.7 Å². The largest absolute Gasteiger partial charge is 0.356 e. The van der Waals surface area contributed by atoms with Crippen LogP contribution in [0.15, 0.2) is 63.7 Å². The van der Waals surface area contributed by atoms with Crippen molar-refractivity contribution in [2.45, 2.75) is 73.6 Å². The lowest BCUT2D eigenvalue weighted by molar-refractivity contribution is -0.121. The SMILES string of the molecule is O=C(CCCCC1SCC2NC(=O)NC21)NCCCCCCNC(=O)c1ccc(/N=N/c2ccc(S(=O)(=O)O)cc2)cc1. The summed E-state index contributed by atoms with van der Waals surface area (Å²) < 4.78 is 31.2. The van der Waals surface area contributed by atoms with Crippen LogP contribution >= 0.6 is 11.8 Å². The molecular formula is C29H38N6O6S2. The van der Waals surface area contributed by atoms with Crippen LogP contribution in [-0.2, 0) is 14.9 Å². The van der Waals surface area contributed by atoms with E-state index in [1.54, 1.807) is 24.3 Å². The van der Waals surface area contributed by atoms with E-state index in [9.17, 15) is 22.8 Å². The maximum Gasteiger partial charge on any atom is 0.315 e. The molecule has 0 spiro atoms. The lowest BCUT2D eigenvalue weighted by Crippen LogP contribution is -2.36. The molecule has 2 aromatic rings. The maximum absolute atomic E-state index is 12.4. The summed E-state index contributed by atoms with van der Waals surface area (Å²) in [4.78, 5) is 35.7. The summed E-state index contributed by atoms with van der Waals surface area (Å²) >= 11 is 1.90. The number of benzene rings is 2. The lowest BCUT2D eigenvalue weighted by Gasteiger charge is -2.16. The van der Waals surface area contributed by atoms with Crippen LogP contribution in [0.5, 0.6) is 0 Å². The molecule has 4 amide bonds. The standard InChI is InChI=1S/C29H38N6O6S2/c36-26(8-4-3-7-25-27-24(19-42-25)32-29(38)33-27)30-17-5-1-2-6-18-31-28(37)20-9-11-21(12-10-20)34-35-22-13-15-23(16-14-22)43(39,40)41/h9-16,24-25,27H,1-8,17-19H2,(H,30,36)(H,31,37)(H2,32,33,38)(H,39,40,41)/b35-34+. The number of unbranched alkanes of at least 4 members (excludes halogenated alkanes) is 4. The fourth-order valence-electron chi connectivity index (χ4n) is 4.98. The number of carbonyl (C=O) groups is 3. The van der Waals surface area contributed by atoms with Gasteiger partial charge in [0.25, 0.3) is 16.0 Å². The number of hydrogen-bond donors (Lipinski definition) is 5. The van der Waals surface area contributed by atoms with E-state index in [0.717, 1.165) is 50.7 Å². The highest BCUT2D eigenvalue weighted by Crippen LogP contribution is 2.33. The molecule has 14 heteroatoms. The molecule has 2 aliphatic heterocycles. The molecule has 0 bridgehead atoms. The molecule has 0 saturated carbocycles. The van der Waals surface area contributed by atoms with Crippen molar-refractivity contribution in [3.8, 4) is 0 Å². The molecule has 5 N–H and O–H groups in total. The topological polar surface area (TPSA) is 178 Å². The molecule has 0 aromatic heterocycles. The first-order valence-electron chi connectivity index (χ1n) is 14.5. The second kappa shape index (κ2) is 15.8. The summed E-state index contributed by atoms with van der Waals surface area (Å²) in [5.74, 6) is 0.865. The minimum absolute atomic E-state index is 0.0666. The molecule has 0 radical (unpaired) electrons. The second-order valence-electron chi connectivity index (χ2n) is 10.6. The van der Waals surface area contributed by atoms with Gasteiger partial charge in [-0.1, -0.05) is 19.3 Å². The Morgan fingerprint density at radius 3 is 2.14 bits per heavy atom. The molecule has 3 unspecified atom stereocenters. The van der Waals surface area contributed by atoms with E-state index in [4.69, 9.17) is 4.55 Å². The van der Waals surface area contributed by atoms with Crippen molar-refractivity contribution in [1.82, 2.24) is 21.3 Å². The van der Waals surface area contributed by atoms with Gasteiger partial charge < -0.3 is 21.3 Å². The van der Waals surface area contributed by atoms with Crippen LogP contribution in [0.3, 0.4) is 0 Å². The summed E-state index contributed by atoms with van der Waals surface area (Å²) in [6.45, 7) is 1.22. The van der Waals surface area contributed by atoms with Gasteiger partial charge in [0.15, 0.2) is 0 Å². The van der Waals surface area contributed by atoms with Crippen molar-refractivity contribution in [3.63, 3.8) is 0 Å². The van der Waals surface area contributed by atoms with Gasteiger partial charge in [-0.15, -0.1) is 0 Å². The second-order valence-corrected chi connectivity index (χ2v) is 13.3. The first kappa shape index (κ1) is 32.4. The molecule has 2 aromatic carbocycles. The Hall–Kier alpha value is -3.49. The van der Waals surface area contributed by atoms with Crippen LogP contribution in [0.25, 0.3) is 0 Å². The van der Waals surface area contributed by atoms with E-state index in [1.807, 2.05) is 11.8 Å². The van der Waals surface area contributed by atoms with Crippen molar-refractivity contribution in [2.24, 2.45) is 10.2 Å². The Morgan fingerprint density at radius 1 is 0.860 bits per heavy atom. The zero-order valence-electron chi connectivity index (χ0n) is 23.8. The summed E-state index contributed by atoms with van der Waals surface area (Å²) in [5.41, 5.74) is 1.45. The van der Waals surface area contributed by atoms with Crippen molar-refractivity contribution >= 4 is 51.1 Å². The van der Waals surface area contributed by atoms with Gasteiger partial charge in [-0.25, -0.2) is 4.79 Å². The summed E-state index contributed by atoms with van der Waals surface area (Å²) in [6.07, 6.45) is 7.03. The van der Waals surface area contributed by atoms with E-state index in [0.29, 0.717) is 41.7 Å². The van der Waals surface area contributed by atoms with Gasteiger partial charge in [-0.3, -0.25) is 14.1 Å². The number of rotatable bonds is 16. The Kier molecular flexibility index (Phi) is 11.9. The van der Waals surface area contributed by atoms with E-state index in [-0.39, 0.29) is 34.8 Å². The number of fused-ring (bicyclic) bond motifs is 1. The highest BCUT2D eigenvalue weighted by molar-refractivity contribution is 8.00. The summed E-state index contributed by atoms with van der Waals surface area (Å²) in [5, 5.41) is 20.4. The monoisotopic (exact) mass is 630 g/mol. The highest BCUT2D eigenvalue weighted by Gasteiger charge is 2.42. The Bertz CT molecular complexity index is 1390.